The van der Waals surface area contributed by atoms with Crippen LogP contribution in [0.25, 0.3) is 11.1 Å². The van der Waals surface area contributed by atoms with E-state index in [1.54, 1.807) is 11.1 Å². The molecular formula is C31H44. The predicted molar refractivity (Wildman–Crippen MR) is 136 cm³/mol. The van der Waals surface area contributed by atoms with Crippen LogP contribution in [0.1, 0.15) is 125 Å². The minimum Gasteiger partial charge on any atom is -0.0587 e. The monoisotopic (exact) mass is 416 g/mol. The molecular weight excluding hydrogens is 372 g/mol. The van der Waals surface area contributed by atoms with Crippen molar-refractivity contribution in [3.8, 4) is 11.1 Å². The van der Waals surface area contributed by atoms with Crippen molar-refractivity contribution in [1.29, 1.82) is 0 Å². The Hall–Kier alpha value is -1.56. The summed E-state index contributed by atoms with van der Waals surface area (Å²) in [6.07, 6.45) is 22.7. The summed E-state index contributed by atoms with van der Waals surface area (Å²) in [7, 11) is 0. The van der Waals surface area contributed by atoms with E-state index < -0.39 is 0 Å². The van der Waals surface area contributed by atoms with E-state index >= 15 is 0 Å². The van der Waals surface area contributed by atoms with Gasteiger partial charge in [-0.25, -0.2) is 0 Å². The molecule has 1 fully saturated rings. The first-order valence-corrected chi connectivity index (χ1v) is 13.4. The Morgan fingerprint density at radius 1 is 0.452 bits per heavy atom. The van der Waals surface area contributed by atoms with Crippen molar-refractivity contribution in [2.45, 2.75) is 122 Å². The third kappa shape index (κ3) is 5.27. The summed E-state index contributed by atoms with van der Waals surface area (Å²) < 4.78 is 0. The molecule has 0 atom stereocenters. The van der Waals surface area contributed by atoms with Gasteiger partial charge in [0.05, 0.1) is 0 Å². The third-order valence-corrected chi connectivity index (χ3v) is 8.13. The van der Waals surface area contributed by atoms with Crippen LogP contribution in [0.2, 0.25) is 0 Å². The molecule has 2 aromatic carbocycles. The van der Waals surface area contributed by atoms with Crippen LogP contribution in [0.15, 0.2) is 36.4 Å². The molecule has 2 aliphatic carbocycles. The van der Waals surface area contributed by atoms with Gasteiger partial charge in [0.25, 0.3) is 0 Å². The number of aryl methyl sites for hydroxylation is 2. The molecule has 2 aromatic rings. The predicted octanol–water partition coefficient (Wildman–Crippen LogP) is 9.83. The van der Waals surface area contributed by atoms with Crippen LogP contribution in [-0.4, -0.2) is 0 Å². The lowest BCUT2D eigenvalue weighted by Crippen LogP contribution is -2.25. The summed E-state index contributed by atoms with van der Waals surface area (Å²) in [5.41, 5.74) is 9.42. The summed E-state index contributed by atoms with van der Waals surface area (Å²) >= 11 is 0. The molecule has 0 aromatic heterocycles. The van der Waals surface area contributed by atoms with Crippen LogP contribution in [0.5, 0.6) is 0 Å². The molecule has 31 heavy (non-hydrogen) atoms. The summed E-state index contributed by atoms with van der Waals surface area (Å²) in [4.78, 5) is 0. The highest BCUT2D eigenvalue weighted by atomic mass is 14.4. The van der Waals surface area contributed by atoms with E-state index in [-0.39, 0.29) is 5.41 Å². The van der Waals surface area contributed by atoms with Crippen molar-refractivity contribution in [3.63, 3.8) is 0 Å². The van der Waals surface area contributed by atoms with E-state index in [1.165, 1.54) is 125 Å². The van der Waals surface area contributed by atoms with E-state index in [0.29, 0.717) is 0 Å². The lowest BCUT2D eigenvalue weighted by Gasteiger charge is -2.33. The quantitative estimate of drug-likeness (QED) is 0.401. The summed E-state index contributed by atoms with van der Waals surface area (Å²) in [6, 6.07) is 14.5. The van der Waals surface area contributed by atoms with Crippen LogP contribution < -0.4 is 0 Å². The highest BCUT2D eigenvalue weighted by Gasteiger charge is 2.42. The van der Waals surface area contributed by atoms with Gasteiger partial charge in [-0.2, -0.15) is 0 Å². The second-order valence-corrected chi connectivity index (χ2v) is 10.6. The Morgan fingerprint density at radius 2 is 0.774 bits per heavy atom. The molecule has 0 bridgehead atoms. The fourth-order valence-corrected chi connectivity index (χ4v) is 6.36. The molecule has 0 saturated heterocycles. The van der Waals surface area contributed by atoms with Crippen LogP contribution >= 0.6 is 0 Å². The first kappa shape index (κ1) is 22.6. The summed E-state index contributed by atoms with van der Waals surface area (Å²) in [5.74, 6) is 0. The van der Waals surface area contributed by atoms with Gasteiger partial charge < -0.3 is 0 Å². The van der Waals surface area contributed by atoms with Crippen LogP contribution in [0.3, 0.4) is 0 Å². The molecule has 4 rings (SSSR count). The lowest BCUT2D eigenvalue weighted by atomic mass is 9.70. The maximum absolute atomic E-state index is 2.53. The average Bonchev–Trinajstić information content (AvgIpc) is 3.02. The van der Waals surface area contributed by atoms with Crippen molar-refractivity contribution in [1.82, 2.24) is 0 Å². The summed E-state index contributed by atoms with van der Waals surface area (Å²) in [6.45, 7) is 4.56. The first-order valence-electron chi connectivity index (χ1n) is 13.4. The van der Waals surface area contributed by atoms with E-state index in [2.05, 4.69) is 50.2 Å². The Morgan fingerprint density at radius 3 is 1.13 bits per heavy atom. The minimum atomic E-state index is 0.247. The molecule has 0 radical (unpaired) electrons. The highest BCUT2D eigenvalue weighted by molar-refractivity contribution is 5.81. The van der Waals surface area contributed by atoms with E-state index in [9.17, 15) is 0 Å². The van der Waals surface area contributed by atoms with Gasteiger partial charge in [-0.1, -0.05) is 137 Å². The molecule has 0 heteroatoms. The molecule has 0 nitrogen and oxygen atoms in total. The molecule has 0 unspecified atom stereocenters. The topological polar surface area (TPSA) is 0 Å². The zero-order chi connectivity index (χ0) is 21.5. The zero-order valence-corrected chi connectivity index (χ0v) is 20.3. The van der Waals surface area contributed by atoms with Gasteiger partial charge in [0.1, 0.15) is 0 Å². The largest absolute Gasteiger partial charge is 0.0587 e. The maximum Gasteiger partial charge on any atom is 0.0215 e. The van der Waals surface area contributed by atoms with Crippen molar-refractivity contribution >= 4 is 0 Å². The Labute approximate surface area is 191 Å². The fourth-order valence-electron chi connectivity index (χ4n) is 6.36. The van der Waals surface area contributed by atoms with Crippen LogP contribution in [-0.2, 0) is 5.41 Å². The Bertz CT molecular complexity index is 772. The second-order valence-electron chi connectivity index (χ2n) is 10.6. The third-order valence-electron chi connectivity index (χ3n) is 8.13. The molecule has 0 heterocycles. The van der Waals surface area contributed by atoms with Gasteiger partial charge in [-0.3, -0.25) is 0 Å². The summed E-state index contributed by atoms with van der Waals surface area (Å²) in [5, 5.41) is 0. The number of fused-ring (bicyclic) bond motifs is 5. The van der Waals surface area contributed by atoms with Gasteiger partial charge in [0.2, 0.25) is 0 Å². The van der Waals surface area contributed by atoms with Crippen LogP contribution in [0.4, 0.5) is 0 Å². The molecule has 0 aliphatic heterocycles. The molecule has 2 aliphatic rings. The number of hydrogen-bond donors (Lipinski definition) is 0. The van der Waals surface area contributed by atoms with Crippen molar-refractivity contribution in [2.75, 3.05) is 0 Å². The molecule has 168 valence electrons. The van der Waals surface area contributed by atoms with Gasteiger partial charge in [0.15, 0.2) is 0 Å². The standard InChI is InChI=1S/C31H44/c1-25-17-19-27-28-20-18-26(2)24-30(28)31(29(27)23-25)21-15-13-11-9-7-5-3-4-6-8-10-12-14-16-22-31/h17-20,23-24H,3-16,21-22H2,1-2H3. The van der Waals surface area contributed by atoms with E-state index in [4.69, 9.17) is 0 Å². The normalized spacial score (nSPS) is 20.7. The number of benzene rings is 2. The van der Waals surface area contributed by atoms with Crippen molar-refractivity contribution < 1.29 is 0 Å². The van der Waals surface area contributed by atoms with Gasteiger partial charge in [-0.15, -0.1) is 0 Å². The van der Waals surface area contributed by atoms with Crippen molar-refractivity contribution in [2.24, 2.45) is 0 Å². The fraction of sp³-hybridized carbons (Fsp3) is 0.613. The molecule has 0 N–H and O–H groups in total. The van der Waals surface area contributed by atoms with E-state index in [1.807, 2.05) is 0 Å². The van der Waals surface area contributed by atoms with Crippen LogP contribution in [0, 0.1) is 13.8 Å². The zero-order valence-electron chi connectivity index (χ0n) is 20.3. The number of rotatable bonds is 0. The van der Waals surface area contributed by atoms with Gasteiger partial charge >= 0.3 is 0 Å². The maximum atomic E-state index is 2.53. The molecule has 0 amide bonds. The first-order chi connectivity index (χ1) is 15.2. The average molecular weight is 417 g/mol. The molecule has 1 saturated carbocycles. The van der Waals surface area contributed by atoms with E-state index in [0.717, 1.165) is 0 Å². The Balaban J connectivity index is 1.61. The number of hydrogen-bond acceptors (Lipinski definition) is 0. The minimum absolute atomic E-state index is 0.247. The smallest absolute Gasteiger partial charge is 0.0215 e. The SMILES string of the molecule is Cc1ccc2c(c1)C1(CCCCCCCCCCCCCCCC1)c1cc(C)ccc1-2. The lowest BCUT2D eigenvalue weighted by molar-refractivity contribution is 0.398. The van der Waals surface area contributed by atoms with Gasteiger partial charge in [0, 0.05) is 5.41 Å². The van der Waals surface area contributed by atoms with Crippen molar-refractivity contribution in [3.05, 3.63) is 58.7 Å². The molecule has 1 spiro atoms. The van der Waals surface area contributed by atoms with Gasteiger partial charge in [-0.05, 0) is 48.9 Å². The highest BCUT2D eigenvalue weighted by Crippen LogP contribution is 2.54. The second kappa shape index (κ2) is 10.8. The Kier molecular flexibility index (Phi) is 7.91.